The van der Waals surface area contributed by atoms with Crippen LogP contribution in [0.25, 0.3) is 0 Å². The van der Waals surface area contributed by atoms with Crippen LogP contribution in [0.15, 0.2) is 59.8 Å². The van der Waals surface area contributed by atoms with E-state index in [0.717, 1.165) is 16.4 Å². The van der Waals surface area contributed by atoms with Crippen molar-refractivity contribution in [1.82, 2.24) is 14.6 Å². The molecule has 12 nitrogen and oxygen atoms in total. The zero-order valence-electron chi connectivity index (χ0n) is 23.1. The van der Waals surface area contributed by atoms with Gasteiger partial charge in [-0.15, -0.1) is 0 Å². The topological polar surface area (TPSA) is 183 Å². The Bertz CT molecular complexity index is 1750. The van der Waals surface area contributed by atoms with E-state index < -0.39 is 64.2 Å². The number of hydrogen-bond donors (Lipinski definition) is 4. The fraction of sp³-hybridized carbons (Fsp3) is 0.250. The van der Waals surface area contributed by atoms with E-state index in [1.807, 2.05) is 0 Å². The quantitative estimate of drug-likeness (QED) is 0.233. The number of nitrogens with one attached hydrogen (secondary N) is 2. The third-order valence-electron chi connectivity index (χ3n) is 7.10. The summed E-state index contributed by atoms with van der Waals surface area (Å²) in [4.78, 5) is 53.7. The number of rotatable bonds is 10. The Balaban J connectivity index is 1.52. The molecule has 4 N–H and O–H groups in total. The lowest BCUT2D eigenvalue weighted by Crippen LogP contribution is -2.51. The van der Waals surface area contributed by atoms with Crippen LogP contribution >= 0.6 is 46.4 Å². The van der Waals surface area contributed by atoms with Gasteiger partial charge >= 0.3 is 11.9 Å². The van der Waals surface area contributed by atoms with Gasteiger partial charge in [-0.05, 0) is 49.2 Å². The van der Waals surface area contributed by atoms with Crippen molar-refractivity contribution in [2.75, 3.05) is 11.9 Å². The first-order valence-electron chi connectivity index (χ1n) is 13.0. The van der Waals surface area contributed by atoms with Gasteiger partial charge in [-0.1, -0.05) is 58.5 Å². The van der Waals surface area contributed by atoms with Crippen molar-refractivity contribution in [3.05, 3.63) is 86.1 Å². The highest BCUT2D eigenvalue weighted by molar-refractivity contribution is 7.89. The zero-order chi connectivity index (χ0) is 33.3. The minimum Gasteiger partial charge on any atom is -0.481 e. The third kappa shape index (κ3) is 7.68. The predicted octanol–water partition coefficient (Wildman–Crippen LogP) is 4.61. The monoisotopic (exact) mass is 716 g/mol. The number of halogens is 4. The van der Waals surface area contributed by atoms with Crippen LogP contribution in [0.4, 0.5) is 5.69 Å². The third-order valence-corrected chi connectivity index (χ3v) is 9.95. The highest BCUT2D eigenvalue weighted by atomic mass is 35.5. The number of amides is 2. The molecule has 2 heterocycles. The Hall–Kier alpha value is -3.46. The smallest absolute Gasteiger partial charge is 0.326 e. The number of benzene rings is 2. The number of carbonyl (C=O) groups is 4. The first-order chi connectivity index (χ1) is 21.0. The Morgan fingerprint density at radius 3 is 2.11 bits per heavy atom. The van der Waals surface area contributed by atoms with Crippen LogP contribution in [-0.4, -0.2) is 70.3 Å². The molecule has 1 fully saturated rings. The van der Waals surface area contributed by atoms with Crippen LogP contribution in [-0.2, 0) is 30.8 Å². The molecule has 2 aromatic carbocycles. The number of carboxylic acid groups (broad SMARTS) is 2. The average molecular weight is 718 g/mol. The van der Waals surface area contributed by atoms with Gasteiger partial charge in [0.1, 0.15) is 12.1 Å². The highest BCUT2D eigenvalue weighted by Crippen LogP contribution is 2.39. The molecule has 1 aliphatic heterocycles. The normalized spacial score (nSPS) is 19.1. The summed E-state index contributed by atoms with van der Waals surface area (Å²) in [6.45, 7) is 0.732. The number of pyridine rings is 1. The van der Waals surface area contributed by atoms with Gasteiger partial charge in [0.15, 0.2) is 0 Å². The molecule has 2 amide bonds. The van der Waals surface area contributed by atoms with Gasteiger partial charge < -0.3 is 20.8 Å². The lowest BCUT2D eigenvalue weighted by molar-refractivity contribution is -0.147. The van der Waals surface area contributed by atoms with Gasteiger partial charge in [-0.2, -0.15) is 4.31 Å². The first-order valence-corrected chi connectivity index (χ1v) is 15.9. The Kier molecular flexibility index (Phi) is 10.3. The number of anilines is 1. The summed E-state index contributed by atoms with van der Waals surface area (Å²) in [5, 5.41) is 24.8. The maximum atomic E-state index is 13.6. The predicted molar refractivity (Wildman–Crippen MR) is 166 cm³/mol. The fourth-order valence-electron chi connectivity index (χ4n) is 4.74. The summed E-state index contributed by atoms with van der Waals surface area (Å²) < 4.78 is 27.9. The van der Waals surface area contributed by atoms with E-state index in [1.165, 1.54) is 49.6 Å². The van der Waals surface area contributed by atoms with Crippen LogP contribution in [0.3, 0.4) is 0 Å². The van der Waals surface area contributed by atoms with Crippen LogP contribution < -0.4 is 10.6 Å². The van der Waals surface area contributed by atoms with E-state index in [0.29, 0.717) is 11.3 Å². The molecule has 0 saturated carbocycles. The summed E-state index contributed by atoms with van der Waals surface area (Å²) in [5.74, 6) is -4.35. The van der Waals surface area contributed by atoms with Crippen LogP contribution in [0.1, 0.15) is 29.3 Å². The second kappa shape index (κ2) is 13.5. The van der Waals surface area contributed by atoms with E-state index >= 15 is 0 Å². The molecule has 3 aromatic rings. The molecule has 0 spiro atoms. The van der Waals surface area contributed by atoms with Crippen molar-refractivity contribution in [1.29, 1.82) is 0 Å². The number of carboxylic acids is 2. The SMILES string of the molecule is CC1(C(=O)O)C[C@@H](C(=O)N[C@@H](Cc2ccc(NC(=O)c3c(Cl)cncc3Cl)cc2)C(=O)O)N(S(=O)(=O)c2cc(Cl)cc(Cl)c2)C1. The highest BCUT2D eigenvalue weighted by Gasteiger charge is 2.53. The van der Waals surface area contributed by atoms with Gasteiger partial charge in [0.2, 0.25) is 15.9 Å². The lowest BCUT2D eigenvalue weighted by atomic mass is 9.88. The zero-order valence-corrected chi connectivity index (χ0v) is 27.0. The molecular formula is C28H24Cl4N4O8S. The molecule has 4 rings (SSSR count). The minimum atomic E-state index is -4.50. The molecular weight excluding hydrogens is 694 g/mol. The first kappa shape index (κ1) is 34.4. The van der Waals surface area contributed by atoms with Crippen LogP contribution in [0, 0.1) is 5.41 Å². The largest absolute Gasteiger partial charge is 0.481 e. The van der Waals surface area contributed by atoms with Crippen LogP contribution in [0.5, 0.6) is 0 Å². The molecule has 0 radical (unpaired) electrons. The van der Waals surface area contributed by atoms with Crippen molar-refractivity contribution in [2.45, 2.75) is 36.7 Å². The fourth-order valence-corrected chi connectivity index (χ4v) is 7.72. The minimum absolute atomic E-state index is 0.00348. The maximum absolute atomic E-state index is 13.6. The second-order valence-corrected chi connectivity index (χ2v) is 14.1. The molecule has 1 unspecified atom stereocenters. The molecule has 17 heteroatoms. The number of sulfonamides is 1. The van der Waals surface area contributed by atoms with Crippen LogP contribution in [0.2, 0.25) is 20.1 Å². The molecule has 238 valence electrons. The lowest BCUT2D eigenvalue weighted by Gasteiger charge is -2.25. The molecule has 0 bridgehead atoms. The molecule has 45 heavy (non-hydrogen) atoms. The van der Waals surface area contributed by atoms with E-state index in [2.05, 4.69) is 15.6 Å². The van der Waals surface area contributed by atoms with Crippen molar-refractivity contribution < 1.29 is 37.8 Å². The van der Waals surface area contributed by atoms with Gasteiger partial charge in [0, 0.05) is 41.1 Å². The Morgan fingerprint density at radius 1 is 1.00 bits per heavy atom. The number of carbonyl (C=O) groups excluding carboxylic acids is 2. The summed E-state index contributed by atoms with van der Waals surface area (Å²) >= 11 is 24.0. The standard InChI is InChI=1S/C28H24Cl4N4O8S/c1-28(27(41)42)10-22(36(13-28)45(43,44)18-8-15(29)7-16(30)9-18)24(37)35-21(26(39)40)6-14-2-4-17(5-3-14)34-25(38)23-19(31)11-33-12-20(23)32/h2-5,7-9,11-12,21-22H,6,10,13H2,1H3,(H,34,38)(H,35,37)(H,39,40)(H,41,42)/t21-,22-,28?/m0/s1. The summed E-state index contributed by atoms with van der Waals surface area (Å²) in [6.07, 6.45) is 1.88. The van der Waals surface area contributed by atoms with Gasteiger partial charge in [-0.25, -0.2) is 13.2 Å². The summed E-state index contributed by atoms with van der Waals surface area (Å²) in [5.41, 5.74) is -0.849. The van der Waals surface area contributed by atoms with E-state index in [1.54, 1.807) is 0 Å². The van der Waals surface area contributed by atoms with E-state index in [-0.39, 0.29) is 37.0 Å². The summed E-state index contributed by atoms with van der Waals surface area (Å²) in [6, 6.07) is 6.49. The summed E-state index contributed by atoms with van der Waals surface area (Å²) in [7, 11) is -4.50. The number of aromatic nitrogens is 1. The molecule has 1 aliphatic rings. The van der Waals surface area contributed by atoms with Crippen molar-refractivity contribution in [3.8, 4) is 0 Å². The second-order valence-electron chi connectivity index (χ2n) is 10.5. The van der Waals surface area contributed by atoms with Crippen molar-refractivity contribution in [2.24, 2.45) is 5.41 Å². The number of nitrogens with zero attached hydrogens (tertiary/aromatic N) is 2. The Morgan fingerprint density at radius 2 is 1.58 bits per heavy atom. The molecule has 0 aliphatic carbocycles. The van der Waals surface area contributed by atoms with E-state index in [9.17, 15) is 37.8 Å². The Labute approximate surface area is 277 Å². The molecule has 3 atom stereocenters. The molecule has 1 saturated heterocycles. The van der Waals surface area contributed by atoms with E-state index in [4.69, 9.17) is 46.4 Å². The van der Waals surface area contributed by atoms with Gasteiger partial charge in [0.25, 0.3) is 5.91 Å². The van der Waals surface area contributed by atoms with Gasteiger partial charge in [0.05, 0.1) is 25.9 Å². The average Bonchev–Trinajstić information content (AvgIpc) is 3.33. The van der Waals surface area contributed by atoms with Crippen molar-refractivity contribution >= 4 is 85.9 Å². The maximum Gasteiger partial charge on any atom is 0.326 e. The van der Waals surface area contributed by atoms with Crippen molar-refractivity contribution in [3.63, 3.8) is 0 Å². The number of aliphatic carboxylic acids is 2. The number of hydrogen-bond acceptors (Lipinski definition) is 7. The molecule has 1 aromatic heterocycles. The van der Waals surface area contributed by atoms with Gasteiger partial charge in [-0.3, -0.25) is 19.4 Å².